The molecule has 128 valence electrons. The maximum absolute atomic E-state index is 12.7. The lowest BCUT2D eigenvalue weighted by Crippen LogP contribution is -2.36. The number of carbonyl (C=O) groups excluding carboxylic acids is 1. The second-order valence-electron chi connectivity index (χ2n) is 6.78. The van der Waals surface area contributed by atoms with E-state index in [1.54, 1.807) is 17.6 Å². The molecule has 2 aliphatic rings. The summed E-state index contributed by atoms with van der Waals surface area (Å²) in [7, 11) is 0. The van der Waals surface area contributed by atoms with Crippen molar-refractivity contribution in [3.05, 3.63) is 40.2 Å². The Bertz CT molecular complexity index is 697. The third-order valence-corrected chi connectivity index (χ3v) is 5.79. The van der Waals surface area contributed by atoms with Crippen molar-refractivity contribution in [2.45, 2.75) is 32.2 Å². The minimum Gasteiger partial charge on any atom is -0.469 e. The third kappa shape index (κ3) is 3.39. The molecule has 4 rings (SSSR count). The van der Waals surface area contributed by atoms with Crippen LogP contribution in [-0.2, 0) is 11.3 Å². The average Bonchev–Trinajstić information content (AvgIpc) is 3.08. The minimum atomic E-state index is 0.129. The fourth-order valence-electron chi connectivity index (χ4n) is 3.58. The molecule has 2 aromatic rings. The molecular formula is C18H23N3O2S. The zero-order valence-corrected chi connectivity index (χ0v) is 14.8. The first-order chi connectivity index (χ1) is 11.7. The van der Waals surface area contributed by atoms with Crippen LogP contribution in [-0.4, -0.2) is 46.9 Å². The molecule has 1 saturated carbocycles. The van der Waals surface area contributed by atoms with Gasteiger partial charge in [-0.2, -0.15) is 0 Å². The van der Waals surface area contributed by atoms with Crippen molar-refractivity contribution in [2.24, 2.45) is 5.92 Å². The van der Waals surface area contributed by atoms with Gasteiger partial charge < -0.3 is 9.32 Å². The Morgan fingerprint density at radius 1 is 1.38 bits per heavy atom. The molecule has 1 amide bonds. The van der Waals surface area contributed by atoms with Crippen molar-refractivity contribution in [1.82, 2.24) is 14.8 Å². The Morgan fingerprint density at radius 3 is 3.04 bits per heavy atom. The SMILES string of the molecule is Cc1nc(CN2CCCN(C(=O)[C@H]3C[C@H]3c3ccco3)CC2)cs1. The first-order valence-corrected chi connectivity index (χ1v) is 9.54. The number of hydrogen-bond donors (Lipinski definition) is 0. The summed E-state index contributed by atoms with van der Waals surface area (Å²) in [5, 5.41) is 3.26. The molecule has 6 heteroatoms. The second kappa shape index (κ2) is 6.69. The number of aryl methyl sites for hydroxylation is 1. The molecule has 2 fully saturated rings. The zero-order chi connectivity index (χ0) is 16.5. The van der Waals surface area contributed by atoms with E-state index in [4.69, 9.17) is 4.42 Å². The van der Waals surface area contributed by atoms with E-state index in [-0.39, 0.29) is 5.92 Å². The molecule has 2 aromatic heterocycles. The van der Waals surface area contributed by atoms with Crippen molar-refractivity contribution in [3.8, 4) is 0 Å². The molecule has 24 heavy (non-hydrogen) atoms. The summed E-state index contributed by atoms with van der Waals surface area (Å²) in [5.74, 6) is 1.69. The standard InChI is InChI=1S/C18H23N3O2S/c1-13-19-14(12-24-13)11-20-5-3-6-21(8-7-20)18(22)16-10-15(16)17-4-2-9-23-17/h2,4,9,12,15-16H,3,5-8,10-11H2,1H3/t15-,16+/m1/s1. The van der Waals surface area contributed by atoms with Crippen LogP contribution in [0, 0.1) is 12.8 Å². The summed E-state index contributed by atoms with van der Waals surface area (Å²) in [4.78, 5) is 21.8. The molecule has 0 radical (unpaired) electrons. The first kappa shape index (κ1) is 15.8. The molecular weight excluding hydrogens is 322 g/mol. The third-order valence-electron chi connectivity index (χ3n) is 4.97. The van der Waals surface area contributed by atoms with E-state index in [9.17, 15) is 4.79 Å². The van der Waals surface area contributed by atoms with Crippen LogP contribution in [0.3, 0.4) is 0 Å². The number of amides is 1. The largest absolute Gasteiger partial charge is 0.469 e. The smallest absolute Gasteiger partial charge is 0.226 e. The fraction of sp³-hybridized carbons (Fsp3) is 0.556. The van der Waals surface area contributed by atoms with E-state index in [1.807, 2.05) is 19.1 Å². The number of rotatable bonds is 4. The normalized spacial score (nSPS) is 24.8. The highest BCUT2D eigenvalue weighted by molar-refractivity contribution is 7.09. The van der Waals surface area contributed by atoms with Gasteiger partial charge in [0.25, 0.3) is 0 Å². The molecule has 0 aromatic carbocycles. The summed E-state index contributed by atoms with van der Waals surface area (Å²) in [6.07, 6.45) is 3.66. The Hall–Kier alpha value is -1.66. The van der Waals surface area contributed by atoms with Gasteiger partial charge in [0.15, 0.2) is 0 Å². The number of aromatic nitrogens is 1. The highest BCUT2D eigenvalue weighted by atomic mass is 32.1. The van der Waals surface area contributed by atoms with Crippen LogP contribution in [0.2, 0.25) is 0 Å². The quantitative estimate of drug-likeness (QED) is 0.855. The Kier molecular flexibility index (Phi) is 4.41. The molecule has 5 nitrogen and oxygen atoms in total. The summed E-state index contributed by atoms with van der Waals surface area (Å²) >= 11 is 1.70. The van der Waals surface area contributed by atoms with Crippen LogP contribution < -0.4 is 0 Å². The predicted octanol–water partition coefficient (Wildman–Crippen LogP) is 2.88. The number of carbonyl (C=O) groups is 1. The van der Waals surface area contributed by atoms with Crippen molar-refractivity contribution in [1.29, 1.82) is 0 Å². The van der Waals surface area contributed by atoms with Crippen molar-refractivity contribution < 1.29 is 9.21 Å². The molecule has 1 saturated heterocycles. The van der Waals surface area contributed by atoms with Crippen LogP contribution in [0.15, 0.2) is 28.2 Å². The Balaban J connectivity index is 1.31. The molecule has 0 N–H and O–H groups in total. The maximum Gasteiger partial charge on any atom is 0.226 e. The first-order valence-electron chi connectivity index (χ1n) is 8.66. The zero-order valence-electron chi connectivity index (χ0n) is 14.0. The number of nitrogens with zero attached hydrogens (tertiary/aromatic N) is 3. The van der Waals surface area contributed by atoms with Crippen LogP contribution in [0.1, 0.15) is 35.2 Å². The van der Waals surface area contributed by atoms with Gasteiger partial charge in [-0.15, -0.1) is 11.3 Å². The highest BCUT2D eigenvalue weighted by Gasteiger charge is 2.47. The van der Waals surface area contributed by atoms with Gasteiger partial charge in [0.2, 0.25) is 5.91 Å². The predicted molar refractivity (Wildman–Crippen MR) is 92.9 cm³/mol. The van der Waals surface area contributed by atoms with Gasteiger partial charge in [-0.1, -0.05) is 0 Å². The van der Waals surface area contributed by atoms with Crippen LogP contribution in [0.5, 0.6) is 0 Å². The second-order valence-corrected chi connectivity index (χ2v) is 7.84. The van der Waals surface area contributed by atoms with E-state index in [2.05, 4.69) is 20.2 Å². The van der Waals surface area contributed by atoms with Crippen molar-refractivity contribution in [2.75, 3.05) is 26.2 Å². The van der Waals surface area contributed by atoms with E-state index >= 15 is 0 Å². The average molecular weight is 345 g/mol. The molecule has 1 aliphatic carbocycles. The summed E-state index contributed by atoms with van der Waals surface area (Å²) < 4.78 is 5.45. The van der Waals surface area contributed by atoms with Gasteiger partial charge in [0.1, 0.15) is 5.76 Å². The van der Waals surface area contributed by atoms with Crippen LogP contribution in [0.4, 0.5) is 0 Å². The Morgan fingerprint density at radius 2 is 2.29 bits per heavy atom. The van der Waals surface area contributed by atoms with Gasteiger partial charge >= 0.3 is 0 Å². The number of thiazole rings is 1. The van der Waals surface area contributed by atoms with Gasteiger partial charge in [-0.05, 0) is 31.9 Å². The molecule has 0 spiro atoms. The lowest BCUT2D eigenvalue weighted by Gasteiger charge is -2.21. The highest BCUT2D eigenvalue weighted by Crippen LogP contribution is 2.48. The summed E-state index contributed by atoms with van der Waals surface area (Å²) in [6, 6.07) is 3.89. The lowest BCUT2D eigenvalue weighted by molar-refractivity contribution is -0.132. The van der Waals surface area contributed by atoms with E-state index < -0.39 is 0 Å². The molecule has 0 unspecified atom stereocenters. The van der Waals surface area contributed by atoms with Crippen molar-refractivity contribution in [3.63, 3.8) is 0 Å². The van der Waals surface area contributed by atoms with Crippen LogP contribution in [0.25, 0.3) is 0 Å². The molecule has 3 heterocycles. The van der Waals surface area contributed by atoms with Crippen LogP contribution >= 0.6 is 11.3 Å². The van der Waals surface area contributed by atoms with Gasteiger partial charge in [0.05, 0.1) is 17.0 Å². The minimum absolute atomic E-state index is 0.129. The molecule has 2 atom stereocenters. The van der Waals surface area contributed by atoms with E-state index in [1.165, 1.54) is 0 Å². The molecule has 0 bridgehead atoms. The van der Waals surface area contributed by atoms with Gasteiger partial charge in [-0.25, -0.2) is 4.98 Å². The van der Waals surface area contributed by atoms with E-state index in [0.717, 1.165) is 62.0 Å². The van der Waals surface area contributed by atoms with Gasteiger partial charge in [-0.3, -0.25) is 9.69 Å². The Labute approximate surface area is 146 Å². The fourth-order valence-corrected chi connectivity index (χ4v) is 4.18. The molecule has 1 aliphatic heterocycles. The monoisotopic (exact) mass is 345 g/mol. The van der Waals surface area contributed by atoms with Crippen molar-refractivity contribution >= 4 is 17.2 Å². The van der Waals surface area contributed by atoms with E-state index in [0.29, 0.717) is 11.8 Å². The number of furan rings is 1. The topological polar surface area (TPSA) is 49.6 Å². The summed E-state index contributed by atoms with van der Waals surface area (Å²) in [5.41, 5.74) is 1.15. The van der Waals surface area contributed by atoms with Gasteiger partial charge in [0, 0.05) is 49.9 Å². The number of hydrogen-bond acceptors (Lipinski definition) is 5. The summed E-state index contributed by atoms with van der Waals surface area (Å²) in [6.45, 7) is 6.59. The maximum atomic E-state index is 12.7. The lowest BCUT2D eigenvalue weighted by atomic mass is 10.2.